The summed E-state index contributed by atoms with van der Waals surface area (Å²) in [6.07, 6.45) is -2.60. The molecule has 148 valence electrons. The Morgan fingerprint density at radius 2 is 1.86 bits per heavy atom. The molecule has 1 aliphatic carbocycles. The standard InChI is InChI=1S/C20H20F3N3O2/c1-11-3-4-13(8-15(11)20(21,22)23)10-24-19(28)16-7-12(2)25-18(26-16)9-17(27)14-5-6-14/h3-4,7-8,14H,5-6,9-10H2,1-2H3,(H,24,28). The highest BCUT2D eigenvalue weighted by molar-refractivity contribution is 5.92. The third kappa shape index (κ3) is 4.94. The maximum atomic E-state index is 13.0. The Bertz CT molecular complexity index is 921. The molecule has 2 aromatic rings. The second-order valence-corrected chi connectivity index (χ2v) is 7.06. The number of ketones is 1. The van der Waals surface area contributed by atoms with Crippen molar-refractivity contribution in [3.8, 4) is 0 Å². The number of benzene rings is 1. The molecule has 0 unspecified atom stereocenters. The first-order valence-corrected chi connectivity index (χ1v) is 8.95. The second kappa shape index (κ2) is 7.69. The summed E-state index contributed by atoms with van der Waals surface area (Å²) in [4.78, 5) is 32.7. The van der Waals surface area contributed by atoms with Crippen LogP contribution >= 0.6 is 0 Å². The largest absolute Gasteiger partial charge is 0.416 e. The maximum absolute atomic E-state index is 13.0. The van der Waals surface area contributed by atoms with Crippen molar-refractivity contribution in [1.29, 1.82) is 0 Å². The maximum Gasteiger partial charge on any atom is 0.416 e. The second-order valence-electron chi connectivity index (χ2n) is 7.06. The van der Waals surface area contributed by atoms with Crippen molar-refractivity contribution in [3.63, 3.8) is 0 Å². The number of amides is 1. The molecule has 1 aliphatic rings. The number of rotatable bonds is 6. The van der Waals surface area contributed by atoms with E-state index in [1.165, 1.54) is 25.1 Å². The zero-order chi connectivity index (χ0) is 20.5. The Morgan fingerprint density at radius 3 is 2.50 bits per heavy atom. The number of carbonyl (C=O) groups excluding carboxylic acids is 2. The quantitative estimate of drug-likeness (QED) is 0.817. The summed E-state index contributed by atoms with van der Waals surface area (Å²) >= 11 is 0. The van der Waals surface area contributed by atoms with Gasteiger partial charge in [0, 0.05) is 18.2 Å². The van der Waals surface area contributed by atoms with Crippen LogP contribution in [0.25, 0.3) is 0 Å². The van der Waals surface area contributed by atoms with Crippen molar-refractivity contribution < 1.29 is 22.8 Å². The number of nitrogens with one attached hydrogen (secondary N) is 1. The Morgan fingerprint density at radius 1 is 1.14 bits per heavy atom. The van der Waals surface area contributed by atoms with Gasteiger partial charge >= 0.3 is 6.18 Å². The number of carbonyl (C=O) groups is 2. The van der Waals surface area contributed by atoms with Crippen molar-refractivity contribution in [2.75, 3.05) is 0 Å². The Kier molecular flexibility index (Phi) is 5.49. The highest BCUT2D eigenvalue weighted by atomic mass is 19.4. The topological polar surface area (TPSA) is 72.0 Å². The van der Waals surface area contributed by atoms with E-state index in [4.69, 9.17) is 0 Å². The molecule has 0 aliphatic heterocycles. The number of aryl methyl sites for hydroxylation is 2. The molecule has 1 aromatic carbocycles. The van der Waals surface area contributed by atoms with E-state index in [2.05, 4.69) is 15.3 Å². The van der Waals surface area contributed by atoms with E-state index in [1.807, 2.05) is 0 Å². The fourth-order valence-corrected chi connectivity index (χ4v) is 2.89. The zero-order valence-corrected chi connectivity index (χ0v) is 15.6. The summed E-state index contributed by atoms with van der Waals surface area (Å²) in [5.41, 5.74) is 0.376. The highest BCUT2D eigenvalue weighted by Gasteiger charge is 2.32. The van der Waals surface area contributed by atoms with Crippen molar-refractivity contribution in [2.45, 2.75) is 45.8 Å². The lowest BCUT2D eigenvalue weighted by molar-refractivity contribution is -0.138. The molecule has 1 fully saturated rings. The monoisotopic (exact) mass is 391 g/mol. The van der Waals surface area contributed by atoms with Crippen molar-refractivity contribution in [1.82, 2.24) is 15.3 Å². The van der Waals surface area contributed by atoms with Gasteiger partial charge in [-0.05, 0) is 49.9 Å². The van der Waals surface area contributed by atoms with E-state index in [-0.39, 0.29) is 41.7 Å². The van der Waals surface area contributed by atoms with Crippen LogP contribution in [0.1, 0.15) is 51.5 Å². The fraction of sp³-hybridized carbons (Fsp3) is 0.400. The molecule has 28 heavy (non-hydrogen) atoms. The molecule has 1 aromatic heterocycles. The average Bonchev–Trinajstić information content (AvgIpc) is 3.44. The predicted octanol–water partition coefficient (Wildman–Crippen LogP) is 3.56. The van der Waals surface area contributed by atoms with Gasteiger partial charge in [-0.3, -0.25) is 9.59 Å². The molecular formula is C20H20F3N3O2. The molecule has 1 heterocycles. The van der Waals surface area contributed by atoms with Gasteiger partial charge in [-0.15, -0.1) is 0 Å². The van der Waals surface area contributed by atoms with E-state index >= 15 is 0 Å². The molecule has 3 rings (SSSR count). The molecule has 5 nitrogen and oxygen atoms in total. The summed E-state index contributed by atoms with van der Waals surface area (Å²) in [5.74, 6) is -0.0986. The normalized spacial score (nSPS) is 14.0. The molecular weight excluding hydrogens is 371 g/mol. The van der Waals surface area contributed by atoms with E-state index in [1.54, 1.807) is 6.92 Å². The van der Waals surface area contributed by atoms with Crippen LogP contribution < -0.4 is 5.32 Å². The third-order valence-electron chi connectivity index (χ3n) is 4.56. The Balaban J connectivity index is 1.69. The van der Waals surface area contributed by atoms with E-state index < -0.39 is 17.6 Å². The lowest BCUT2D eigenvalue weighted by Crippen LogP contribution is -2.25. The molecule has 0 spiro atoms. The number of nitrogens with zero attached hydrogens (tertiary/aromatic N) is 2. The van der Waals surface area contributed by atoms with Crippen LogP contribution in [0, 0.1) is 19.8 Å². The van der Waals surface area contributed by atoms with Crippen LogP contribution in [0.2, 0.25) is 0 Å². The SMILES string of the molecule is Cc1cc(C(=O)NCc2ccc(C)c(C(F)(F)F)c2)nc(CC(=O)C2CC2)n1. The van der Waals surface area contributed by atoms with Crippen LogP contribution in [0.5, 0.6) is 0 Å². The van der Waals surface area contributed by atoms with Gasteiger partial charge in [0.05, 0.1) is 12.0 Å². The summed E-state index contributed by atoms with van der Waals surface area (Å²) < 4.78 is 39.0. The Hall–Kier alpha value is -2.77. The number of alkyl halides is 3. The third-order valence-corrected chi connectivity index (χ3v) is 4.56. The number of Topliss-reactive ketones (excluding diaryl/α,β-unsaturated/α-hetero) is 1. The minimum atomic E-state index is -4.45. The van der Waals surface area contributed by atoms with Crippen LogP contribution in [0.4, 0.5) is 13.2 Å². The van der Waals surface area contributed by atoms with Gasteiger partial charge in [-0.25, -0.2) is 9.97 Å². The molecule has 0 atom stereocenters. The summed E-state index contributed by atoms with van der Waals surface area (Å²) in [6, 6.07) is 5.42. The summed E-state index contributed by atoms with van der Waals surface area (Å²) in [7, 11) is 0. The van der Waals surface area contributed by atoms with Crippen LogP contribution in [-0.2, 0) is 23.9 Å². The van der Waals surface area contributed by atoms with Gasteiger partial charge in [0.25, 0.3) is 5.91 Å². The van der Waals surface area contributed by atoms with Crippen LogP contribution in [0.15, 0.2) is 24.3 Å². The van der Waals surface area contributed by atoms with Crippen LogP contribution in [-0.4, -0.2) is 21.7 Å². The molecule has 1 amide bonds. The van der Waals surface area contributed by atoms with Crippen LogP contribution in [0.3, 0.4) is 0 Å². The van der Waals surface area contributed by atoms with E-state index in [9.17, 15) is 22.8 Å². The minimum absolute atomic E-state index is 0.0660. The molecule has 0 saturated heterocycles. The first kappa shape index (κ1) is 20.0. The lowest BCUT2D eigenvalue weighted by Gasteiger charge is -2.12. The van der Waals surface area contributed by atoms with Gasteiger partial charge in [0.2, 0.25) is 0 Å². The molecule has 0 radical (unpaired) electrons. The van der Waals surface area contributed by atoms with Gasteiger partial charge in [-0.1, -0.05) is 12.1 Å². The molecule has 1 N–H and O–H groups in total. The van der Waals surface area contributed by atoms with E-state index in [0.29, 0.717) is 11.3 Å². The average molecular weight is 391 g/mol. The smallest absolute Gasteiger partial charge is 0.347 e. The summed E-state index contributed by atoms with van der Waals surface area (Å²) in [6.45, 7) is 3.01. The zero-order valence-electron chi connectivity index (χ0n) is 15.6. The number of hydrogen-bond acceptors (Lipinski definition) is 4. The lowest BCUT2D eigenvalue weighted by atomic mass is 10.0. The molecule has 8 heteroatoms. The number of aromatic nitrogens is 2. The number of halogens is 3. The van der Waals surface area contributed by atoms with Gasteiger partial charge in [0.1, 0.15) is 17.3 Å². The minimum Gasteiger partial charge on any atom is -0.347 e. The fourth-order valence-electron chi connectivity index (χ4n) is 2.89. The first-order valence-electron chi connectivity index (χ1n) is 8.95. The Labute approximate surface area is 160 Å². The molecule has 0 bridgehead atoms. The summed E-state index contributed by atoms with van der Waals surface area (Å²) in [5, 5.41) is 2.57. The van der Waals surface area contributed by atoms with Gasteiger partial charge in [-0.2, -0.15) is 13.2 Å². The van der Waals surface area contributed by atoms with E-state index in [0.717, 1.165) is 18.9 Å². The van der Waals surface area contributed by atoms with Crippen molar-refractivity contribution in [3.05, 3.63) is 58.2 Å². The first-order chi connectivity index (χ1) is 13.1. The predicted molar refractivity (Wildman–Crippen MR) is 95.6 cm³/mol. The van der Waals surface area contributed by atoms with Crippen molar-refractivity contribution >= 4 is 11.7 Å². The van der Waals surface area contributed by atoms with Crippen molar-refractivity contribution in [2.24, 2.45) is 5.92 Å². The highest BCUT2D eigenvalue weighted by Crippen LogP contribution is 2.32. The van der Waals surface area contributed by atoms with Gasteiger partial charge < -0.3 is 5.32 Å². The van der Waals surface area contributed by atoms with Gasteiger partial charge in [0.15, 0.2) is 0 Å². The number of hydrogen-bond donors (Lipinski definition) is 1. The molecule has 1 saturated carbocycles.